The van der Waals surface area contributed by atoms with Gasteiger partial charge in [-0.25, -0.2) is 22.6 Å². The Kier molecular flexibility index (Phi) is 10.2. The van der Waals surface area contributed by atoms with E-state index in [4.69, 9.17) is 4.74 Å². The van der Waals surface area contributed by atoms with Gasteiger partial charge in [-0.2, -0.15) is 14.6 Å². The van der Waals surface area contributed by atoms with Crippen LogP contribution in [0.1, 0.15) is 62.6 Å². The van der Waals surface area contributed by atoms with Crippen molar-refractivity contribution in [2.45, 2.75) is 73.9 Å². The summed E-state index contributed by atoms with van der Waals surface area (Å²) in [6, 6.07) is 15.6. The van der Waals surface area contributed by atoms with Crippen LogP contribution >= 0.6 is 0 Å². The number of fused-ring (bicyclic) bond motifs is 2. The molecule has 2 amide bonds. The van der Waals surface area contributed by atoms with E-state index in [2.05, 4.69) is 40.8 Å². The van der Waals surface area contributed by atoms with Crippen LogP contribution in [0.2, 0.25) is 0 Å². The van der Waals surface area contributed by atoms with Crippen LogP contribution in [-0.2, 0) is 33.0 Å². The molecule has 61 heavy (non-hydrogen) atoms. The predicted molar refractivity (Wildman–Crippen MR) is 222 cm³/mol. The molecule has 17 nitrogen and oxygen atoms in total. The maximum atomic E-state index is 15.6. The molecule has 0 saturated carbocycles. The molecule has 0 unspecified atom stereocenters. The number of benzene rings is 3. The lowest BCUT2D eigenvalue weighted by molar-refractivity contribution is -0.135. The standard InChI is InChI=1S/C42H42FN11O6S/c1-24(2)60-38-37(28-20-45-46-21-28)44-23-53-39(38)49-41(50-53)47-32-9-8-30(19-31(32)43)61(58,59)29-6-4-5-25(17-29)22-52-15-13-26(14-16-52)27-7-10-33-35(18-27)51(3)42(57)54(33)34-11-12-36(55)48-40(34)56/h4-10,17-21,23-24,26,34H,11-16,22H2,1-3H3,(H,45,46)(H,47,50)(H,48,55,56)/t34-/m0/s1. The van der Waals surface area contributed by atoms with Crippen LogP contribution in [0.5, 0.6) is 5.75 Å². The minimum absolute atomic E-state index is 0.0176. The van der Waals surface area contributed by atoms with E-state index in [1.165, 1.54) is 33.6 Å². The first-order valence-corrected chi connectivity index (χ1v) is 21.4. The van der Waals surface area contributed by atoms with E-state index in [-0.39, 0.29) is 57.9 Å². The number of hydrogen-bond acceptors (Lipinski definition) is 12. The highest BCUT2D eigenvalue weighted by Crippen LogP contribution is 2.35. The molecule has 2 aliphatic heterocycles. The van der Waals surface area contributed by atoms with Gasteiger partial charge in [0, 0.05) is 31.8 Å². The summed E-state index contributed by atoms with van der Waals surface area (Å²) in [7, 11) is -2.39. The number of nitrogens with one attached hydrogen (secondary N) is 3. The second-order valence-corrected chi connectivity index (χ2v) is 17.6. The average Bonchev–Trinajstić information content (AvgIpc) is 3.98. The van der Waals surface area contributed by atoms with Crippen LogP contribution in [0.15, 0.2) is 94.0 Å². The van der Waals surface area contributed by atoms with Crippen LogP contribution in [0.3, 0.4) is 0 Å². The largest absolute Gasteiger partial charge is 0.485 e. The summed E-state index contributed by atoms with van der Waals surface area (Å²) < 4.78 is 53.8. The molecule has 19 heteroatoms. The zero-order valence-electron chi connectivity index (χ0n) is 33.5. The van der Waals surface area contributed by atoms with Crippen molar-refractivity contribution in [2.24, 2.45) is 7.05 Å². The normalized spacial score (nSPS) is 16.8. The van der Waals surface area contributed by atoms with Gasteiger partial charge in [-0.1, -0.05) is 18.2 Å². The Morgan fingerprint density at radius 1 is 0.984 bits per heavy atom. The smallest absolute Gasteiger partial charge is 0.329 e. The fourth-order valence-corrected chi connectivity index (χ4v) is 9.54. The number of piperidine rings is 2. The Hall–Kier alpha value is -6.73. The highest BCUT2D eigenvalue weighted by molar-refractivity contribution is 7.91. The Morgan fingerprint density at radius 3 is 2.52 bits per heavy atom. The van der Waals surface area contributed by atoms with Crippen LogP contribution in [-0.4, -0.2) is 83.2 Å². The van der Waals surface area contributed by atoms with E-state index in [1.807, 2.05) is 38.1 Å². The SMILES string of the molecule is CC(C)Oc1c(-c2cn[nH]c2)ncn2nc(Nc3ccc(S(=O)(=O)c4cccc(CN5CCC(c6ccc7c(c6)n(C)c(=O)n7[C@H]6CCC(=O)NC6=O)CC5)c4)cc3F)nc12. The third-order valence-electron chi connectivity index (χ3n) is 11.3. The van der Waals surface area contributed by atoms with Gasteiger partial charge in [0.2, 0.25) is 33.2 Å². The number of aryl methyl sites for hydroxylation is 1. The zero-order valence-corrected chi connectivity index (χ0v) is 34.3. The molecule has 2 aliphatic rings. The number of carbonyl (C=O) groups excluding carboxylic acids is 2. The van der Waals surface area contributed by atoms with Crippen molar-refractivity contribution >= 4 is 50.0 Å². The quantitative estimate of drug-likeness (QED) is 0.147. The number of likely N-dealkylation sites (tertiary alicyclic amines) is 1. The third kappa shape index (κ3) is 7.54. The third-order valence-corrected chi connectivity index (χ3v) is 13.0. The average molecular weight is 848 g/mol. The number of rotatable bonds is 11. The Morgan fingerprint density at radius 2 is 1.79 bits per heavy atom. The number of sulfone groups is 1. The van der Waals surface area contributed by atoms with Crippen molar-refractivity contribution in [1.82, 2.24) is 49.1 Å². The molecule has 0 aliphatic carbocycles. The number of aromatic amines is 1. The Balaban J connectivity index is 0.863. The molecule has 0 radical (unpaired) electrons. The number of imidazole rings is 1. The number of carbonyl (C=O) groups is 2. The molecule has 7 aromatic rings. The summed E-state index contributed by atoms with van der Waals surface area (Å²) in [5.41, 5.74) is 4.51. The van der Waals surface area contributed by atoms with Gasteiger partial charge in [0.05, 0.1) is 38.8 Å². The molecule has 9 rings (SSSR count). The molecule has 314 valence electrons. The fraction of sp³-hybridized carbons (Fsp3) is 0.310. The number of hydrogen-bond donors (Lipinski definition) is 3. The summed E-state index contributed by atoms with van der Waals surface area (Å²) in [6.45, 7) is 5.81. The van der Waals surface area contributed by atoms with Gasteiger partial charge in [-0.3, -0.25) is 34.0 Å². The monoisotopic (exact) mass is 847 g/mol. The number of imide groups is 1. The van der Waals surface area contributed by atoms with Gasteiger partial charge in [0.25, 0.3) is 0 Å². The van der Waals surface area contributed by atoms with Crippen molar-refractivity contribution in [3.63, 3.8) is 0 Å². The molecule has 2 saturated heterocycles. The van der Waals surface area contributed by atoms with E-state index < -0.39 is 27.6 Å². The number of nitrogens with zero attached hydrogens (tertiary/aromatic N) is 8. The predicted octanol–water partition coefficient (Wildman–Crippen LogP) is 5.03. The Bertz CT molecular complexity index is 3010. The second kappa shape index (κ2) is 15.7. The van der Waals surface area contributed by atoms with E-state index in [1.54, 1.807) is 36.1 Å². The summed E-state index contributed by atoms with van der Waals surface area (Å²) in [4.78, 5) is 48.7. The van der Waals surface area contributed by atoms with Crippen molar-refractivity contribution in [1.29, 1.82) is 0 Å². The van der Waals surface area contributed by atoms with Gasteiger partial charge in [0.15, 0.2) is 5.75 Å². The minimum Gasteiger partial charge on any atom is -0.485 e. The van der Waals surface area contributed by atoms with E-state index in [9.17, 15) is 22.8 Å². The van der Waals surface area contributed by atoms with Gasteiger partial charge in [0.1, 0.15) is 23.9 Å². The number of ether oxygens (including phenoxy) is 1. The van der Waals surface area contributed by atoms with Crippen LogP contribution in [0, 0.1) is 5.82 Å². The van der Waals surface area contributed by atoms with Crippen LogP contribution < -0.4 is 21.1 Å². The van der Waals surface area contributed by atoms with Gasteiger partial charge in [-0.15, -0.1) is 5.10 Å². The number of halogens is 1. The maximum absolute atomic E-state index is 15.6. The lowest BCUT2D eigenvalue weighted by Gasteiger charge is -2.32. The lowest BCUT2D eigenvalue weighted by atomic mass is 9.89. The molecule has 3 N–H and O–H groups in total. The van der Waals surface area contributed by atoms with E-state index in [0.717, 1.165) is 48.6 Å². The number of aromatic nitrogens is 8. The fourth-order valence-electron chi connectivity index (χ4n) is 8.20. The second-order valence-electron chi connectivity index (χ2n) is 15.7. The van der Waals surface area contributed by atoms with Crippen LogP contribution in [0.25, 0.3) is 27.9 Å². The summed E-state index contributed by atoms with van der Waals surface area (Å²) in [5.74, 6) is -0.929. The number of H-pyrrole nitrogens is 1. The number of amides is 2. The molecule has 0 spiro atoms. The summed E-state index contributed by atoms with van der Waals surface area (Å²) in [5, 5.41) is 16.3. The van der Waals surface area contributed by atoms with E-state index >= 15 is 4.39 Å². The first-order valence-electron chi connectivity index (χ1n) is 19.9. The molecular weight excluding hydrogens is 806 g/mol. The summed E-state index contributed by atoms with van der Waals surface area (Å²) >= 11 is 0. The highest BCUT2D eigenvalue weighted by atomic mass is 32.2. The van der Waals surface area contributed by atoms with Crippen molar-refractivity contribution in [2.75, 3.05) is 18.4 Å². The Labute approximate surface area is 348 Å². The number of anilines is 2. The first-order chi connectivity index (χ1) is 29.3. The lowest BCUT2D eigenvalue weighted by Crippen LogP contribution is -2.44. The zero-order chi connectivity index (χ0) is 42.6. The molecular formula is C42H42FN11O6S. The van der Waals surface area contributed by atoms with Crippen molar-refractivity contribution < 1.29 is 27.1 Å². The van der Waals surface area contributed by atoms with Crippen molar-refractivity contribution in [3.05, 3.63) is 107 Å². The molecule has 0 bridgehead atoms. The summed E-state index contributed by atoms with van der Waals surface area (Å²) in [6.07, 6.45) is 6.71. The van der Waals surface area contributed by atoms with E-state index in [0.29, 0.717) is 34.7 Å². The molecule has 6 heterocycles. The van der Waals surface area contributed by atoms with Gasteiger partial charge in [-0.05, 0) is 106 Å². The molecule has 4 aromatic heterocycles. The highest BCUT2D eigenvalue weighted by Gasteiger charge is 2.32. The first kappa shape index (κ1) is 39.7. The van der Waals surface area contributed by atoms with Gasteiger partial charge < -0.3 is 10.1 Å². The molecule has 3 aromatic carbocycles. The van der Waals surface area contributed by atoms with Crippen LogP contribution in [0.4, 0.5) is 16.0 Å². The van der Waals surface area contributed by atoms with Gasteiger partial charge >= 0.3 is 5.69 Å². The molecule has 1 atom stereocenters. The topological polar surface area (TPSA) is 203 Å². The minimum atomic E-state index is -4.08. The molecule has 2 fully saturated rings. The maximum Gasteiger partial charge on any atom is 0.329 e. The van der Waals surface area contributed by atoms with Crippen molar-refractivity contribution in [3.8, 4) is 17.0 Å².